The van der Waals surface area contributed by atoms with Crippen LogP contribution in [0, 0.1) is 0 Å². The standard InChI is InChI=1S/C14H23As/c1-4-7-12-10-11-15-14(9-6-3)13(12)8-5-2/h10-11H,4-9H2,1-3H3. The SMILES string of the molecule is CCCC1=[As]C=CC(CCC)=C1CCC. The van der Waals surface area contributed by atoms with Gasteiger partial charge in [0.2, 0.25) is 0 Å². The van der Waals surface area contributed by atoms with Crippen molar-refractivity contribution in [2.75, 3.05) is 0 Å². The van der Waals surface area contributed by atoms with Crippen molar-refractivity contribution in [2.45, 2.75) is 59.3 Å². The Balaban J connectivity index is 2.88. The molecule has 1 heterocycles. The van der Waals surface area contributed by atoms with Gasteiger partial charge in [-0.1, -0.05) is 0 Å². The monoisotopic (exact) mass is 266 g/mol. The Hall–Kier alpha value is -0.0916. The van der Waals surface area contributed by atoms with Crippen molar-refractivity contribution in [3.8, 4) is 0 Å². The second-order valence-electron chi connectivity index (χ2n) is 4.15. The van der Waals surface area contributed by atoms with E-state index < -0.39 is 0 Å². The molecule has 0 bridgehead atoms. The minimum atomic E-state index is 0.373. The Morgan fingerprint density at radius 2 is 1.60 bits per heavy atom. The van der Waals surface area contributed by atoms with E-state index in [1.54, 1.807) is 15.5 Å². The molecule has 0 fully saturated rings. The van der Waals surface area contributed by atoms with Crippen LogP contribution in [0.4, 0.5) is 0 Å². The molecule has 0 saturated carbocycles. The molecular weight excluding hydrogens is 243 g/mol. The van der Waals surface area contributed by atoms with Crippen LogP contribution in [0.3, 0.4) is 0 Å². The number of rotatable bonds is 6. The van der Waals surface area contributed by atoms with E-state index in [9.17, 15) is 0 Å². The van der Waals surface area contributed by atoms with Gasteiger partial charge in [0.25, 0.3) is 0 Å². The summed E-state index contributed by atoms with van der Waals surface area (Å²) in [5.41, 5.74) is 3.38. The first-order chi connectivity index (χ1) is 7.33. The average molecular weight is 266 g/mol. The van der Waals surface area contributed by atoms with Crippen molar-refractivity contribution in [3.05, 3.63) is 22.1 Å². The van der Waals surface area contributed by atoms with Gasteiger partial charge in [0, 0.05) is 0 Å². The molecule has 0 N–H and O–H groups in total. The molecule has 1 aliphatic rings. The van der Waals surface area contributed by atoms with E-state index in [0.29, 0.717) is 15.3 Å². The first-order valence-corrected chi connectivity index (χ1v) is 8.31. The van der Waals surface area contributed by atoms with Crippen molar-refractivity contribution < 1.29 is 0 Å². The van der Waals surface area contributed by atoms with Crippen LogP contribution in [0.2, 0.25) is 0 Å². The van der Waals surface area contributed by atoms with E-state index in [2.05, 4.69) is 31.7 Å². The van der Waals surface area contributed by atoms with E-state index in [1.165, 1.54) is 38.5 Å². The zero-order valence-electron chi connectivity index (χ0n) is 10.3. The fourth-order valence-corrected chi connectivity index (χ4v) is 4.61. The summed E-state index contributed by atoms with van der Waals surface area (Å²) in [4.78, 5) is 2.45. The minimum absolute atomic E-state index is 0.373. The van der Waals surface area contributed by atoms with Gasteiger partial charge in [-0.05, 0) is 0 Å². The van der Waals surface area contributed by atoms with Gasteiger partial charge in [0.05, 0.1) is 0 Å². The Kier molecular flexibility index (Phi) is 6.25. The number of allylic oxidation sites excluding steroid dienone is 3. The molecule has 1 aliphatic heterocycles. The summed E-state index contributed by atoms with van der Waals surface area (Å²) in [5.74, 6) is 0. The molecule has 0 unspecified atom stereocenters. The van der Waals surface area contributed by atoms with Gasteiger partial charge in [0.15, 0.2) is 0 Å². The van der Waals surface area contributed by atoms with Crippen LogP contribution in [0.25, 0.3) is 0 Å². The van der Waals surface area contributed by atoms with E-state index in [-0.39, 0.29) is 0 Å². The van der Waals surface area contributed by atoms with E-state index >= 15 is 0 Å². The zero-order valence-corrected chi connectivity index (χ0v) is 12.2. The first kappa shape index (κ1) is 13.0. The van der Waals surface area contributed by atoms with Gasteiger partial charge < -0.3 is 0 Å². The Bertz CT molecular complexity index is 282. The molecule has 1 rings (SSSR count). The maximum atomic E-state index is 2.45. The molecule has 0 aromatic heterocycles. The number of hydrogen-bond acceptors (Lipinski definition) is 0. The van der Waals surface area contributed by atoms with E-state index in [1.807, 2.05) is 0 Å². The Morgan fingerprint density at radius 3 is 2.20 bits per heavy atom. The summed E-state index contributed by atoms with van der Waals surface area (Å²) in [7, 11) is 0. The summed E-state index contributed by atoms with van der Waals surface area (Å²) >= 11 is 0.373. The molecule has 0 nitrogen and oxygen atoms in total. The summed E-state index contributed by atoms with van der Waals surface area (Å²) in [6, 6.07) is 0. The number of hydrogen-bond donors (Lipinski definition) is 0. The quantitative estimate of drug-likeness (QED) is 0.635. The van der Waals surface area contributed by atoms with Gasteiger partial charge in [-0.2, -0.15) is 0 Å². The van der Waals surface area contributed by atoms with E-state index in [4.69, 9.17) is 0 Å². The van der Waals surface area contributed by atoms with E-state index in [0.717, 1.165) is 0 Å². The first-order valence-electron chi connectivity index (χ1n) is 6.29. The molecule has 0 aromatic rings. The molecule has 0 aliphatic carbocycles. The summed E-state index contributed by atoms with van der Waals surface area (Å²) in [6.07, 6.45) is 10.2. The predicted octanol–water partition coefficient (Wildman–Crippen LogP) is 4.09. The van der Waals surface area contributed by atoms with Gasteiger partial charge in [-0.3, -0.25) is 0 Å². The van der Waals surface area contributed by atoms with Crippen LogP contribution >= 0.6 is 0 Å². The van der Waals surface area contributed by atoms with Gasteiger partial charge in [0.1, 0.15) is 0 Å². The zero-order chi connectivity index (χ0) is 11.1. The second-order valence-corrected chi connectivity index (χ2v) is 6.45. The van der Waals surface area contributed by atoms with Crippen LogP contribution in [-0.2, 0) is 0 Å². The predicted molar refractivity (Wildman–Crippen MR) is 71.7 cm³/mol. The fourth-order valence-electron chi connectivity index (χ4n) is 2.09. The molecule has 0 amide bonds. The molecule has 0 atom stereocenters. The fraction of sp³-hybridized carbons (Fsp3) is 0.643. The maximum absolute atomic E-state index is 2.45. The third-order valence-corrected chi connectivity index (χ3v) is 5.06. The van der Waals surface area contributed by atoms with Crippen LogP contribution in [-0.4, -0.2) is 19.6 Å². The third kappa shape index (κ3) is 3.76. The average Bonchev–Trinajstić information content (AvgIpc) is 2.23. The van der Waals surface area contributed by atoms with Gasteiger partial charge in [-0.25, -0.2) is 0 Å². The van der Waals surface area contributed by atoms with Crippen molar-refractivity contribution >= 4 is 19.6 Å². The summed E-state index contributed by atoms with van der Waals surface area (Å²) in [6.45, 7) is 6.89. The van der Waals surface area contributed by atoms with Crippen LogP contribution in [0.15, 0.2) is 22.1 Å². The topological polar surface area (TPSA) is 0 Å². The second kappa shape index (κ2) is 7.23. The van der Waals surface area contributed by atoms with Gasteiger partial charge >= 0.3 is 101 Å². The molecule has 0 spiro atoms. The molecular formula is C14H23As. The van der Waals surface area contributed by atoms with Crippen molar-refractivity contribution in [1.82, 2.24) is 0 Å². The summed E-state index contributed by atoms with van der Waals surface area (Å²) < 4.78 is 1.81. The van der Waals surface area contributed by atoms with Crippen molar-refractivity contribution in [1.29, 1.82) is 0 Å². The molecule has 84 valence electrons. The third-order valence-electron chi connectivity index (χ3n) is 2.75. The van der Waals surface area contributed by atoms with Crippen molar-refractivity contribution in [2.24, 2.45) is 0 Å². The molecule has 15 heavy (non-hydrogen) atoms. The molecule has 0 saturated heterocycles. The Morgan fingerprint density at radius 1 is 0.933 bits per heavy atom. The van der Waals surface area contributed by atoms with Crippen LogP contribution in [0.1, 0.15) is 59.3 Å². The normalized spacial score (nSPS) is 16.9. The molecule has 0 radical (unpaired) electrons. The Labute approximate surface area is 101 Å². The molecule has 0 aromatic carbocycles. The summed E-state index contributed by atoms with van der Waals surface area (Å²) in [5, 5.41) is 0. The van der Waals surface area contributed by atoms with Crippen LogP contribution in [0.5, 0.6) is 0 Å². The van der Waals surface area contributed by atoms with Crippen LogP contribution < -0.4 is 0 Å². The molecule has 1 heteroatoms. The van der Waals surface area contributed by atoms with Crippen molar-refractivity contribution in [3.63, 3.8) is 0 Å². The van der Waals surface area contributed by atoms with Gasteiger partial charge in [-0.15, -0.1) is 0 Å².